The summed E-state index contributed by atoms with van der Waals surface area (Å²) >= 11 is 0. The van der Waals surface area contributed by atoms with Crippen LogP contribution < -0.4 is 10.1 Å². The van der Waals surface area contributed by atoms with E-state index in [2.05, 4.69) is 5.32 Å². The van der Waals surface area contributed by atoms with E-state index in [9.17, 15) is 19.8 Å². The lowest BCUT2D eigenvalue weighted by Gasteiger charge is -2.41. The maximum atomic E-state index is 13.3. The first-order valence-electron chi connectivity index (χ1n) is 11.9. The summed E-state index contributed by atoms with van der Waals surface area (Å²) in [5.74, 6) is -0.0704. The van der Waals surface area contributed by atoms with Crippen molar-refractivity contribution in [3.05, 3.63) is 41.5 Å². The van der Waals surface area contributed by atoms with Crippen LogP contribution in [0.25, 0.3) is 0 Å². The van der Waals surface area contributed by atoms with Gasteiger partial charge in [0.2, 0.25) is 11.8 Å². The SMILES string of the molecule is CC(C)CC(=O)N(C[C@@H]1CCCO1)[C@@H]1C=C(C(=O)NCCO)[C@@H]2c3ccccc3O[C@@H]2[C@H]1O. The number of hydrogen-bond acceptors (Lipinski definition) is 6. The molecule has 0 spiro atoms. The van der Waals surface area contributed by atoms with Crippen molar-refractivity contribution in [1.82, 2.24) is 10.2 Å². The fraction of sp³-hybridized carbons (Fsp3) is 0.600. The smallest absolute Gasteiger partial charge is 0.247 e. The first-order valence-corrected chi connectivity index (χ1v) is 11.9. The van der Waals surface area contributed by atoms with Gasteiger partial charge in [-0.05, 0) is 30.9 Å². The topological polar surface area (TPSA) is 108 Å². The first-order chi connectivity index (χ1) is 15.9. The number of amides is 2. The molecule has 2 heterocycles. The third-order valence-corrected chi connectivity index (χ3v) is 6.56. The molecule has 8 nitrogen and oxygen atoms in total. The Morgan fingerprint density at radius 1 is 1.27 bits per heavy atom. The van der Waals surface area contributed by atoms with Gasteiger partial charge in [0, 0.05) is 37.3 Å². The standard InChI is InChI=1S/C25H34N2O6/c1-15(2)12-21(29)27(14-16-6-5-11-32-16)19-13-18(25(31)26-9-10-28)22-17-7-3-4-8-20(17)33-24(22)23(19)30/h3-4,7-8,13,15-16,19,22-24,28,30H,5-6,9-12,14H2,1-2H3,(H,26,31)/t16-,19+,22-,23-,24-/m0/s1. The molecule has 33 heavy (non-hydrogen) atoms. The van der Waals surface area contributed by atoms with Crippen LogP contribution in [-0.2, 0) is 14.3 Å². The number of benzene rings is 1. The summed E-state index contributed by atoms with van der Waals surface area (Å²) in [5.41, 5.74) is 1.29. The van der Waals surface area contributed by atoms with E-state index in [4.69, 9.17) is 9.47 Å². The Labute approximate surface area is 194 Å². The third kappa shape index (κ3) is 4.93. The molecule has 8 heteroatoms. The van der Waals surface area contributed by atoms with E-state index in [-0.39, 0.29) is 37.0 Å². The van der Waals surface area contributed by atoms with Gasteiger partial charge in [-0.25, -0.2) is 0 Å². The Morgan fingerprint density at radius 3 is 2.76 bits per heavy atom. The van der Waals surface area contributed by atoms with E-state index in [1.54, 1.807) is 11.0 Å². The zero-order chi connectivity index (χ0) is 23.5. The normalized spacial score (nSPS) is 28.0. The number of carbonyl (C=O) groups is 2. The average Bonchev–Trinajstić information content (AvgIpc) is 3.44. The number of aliphatic hydroxyl groups excluding tert-OH is 2. The molecule has 1 saturated heterocycles. The van der Waals surface area contributed by atoms with Crippen LogP contribution >= 0.6 is 0 Å². The van der Waals surface area contributed by atoms with Crippen LogP contribution in [0.3, 0.4) is 0 Å². The number of nitrogens with one attached hydrogen (secondary N) is 1. The van der Waals surface area contributed by atoms with E-state index >= 15 is 0 Å². The number of ether oxygens (including phenoxy) is 2. The summed E-state index contributed by atoms with van der Waals surface area (Å²) in [4.78, 5) is 28.1. The van der Waals surface area contributed by atoms with Gasteiger partial charge in [0.25, 0.3) is 0 Å². The van der Waals surface area contributed by atoms with E-state index in [1.165, 1.54) is 0 Å². The lowest BCUT2D eigenvalue weighted by Crippen LogP contribution is -2.57. The Kier molecular flexibility index (Phi) is 7.36. The Hall–Kier alpha value is -2.42. The van der Waals surface area contributed by atoms with Gasteiger partial charge >= 0.3 is 0 Å². The van der Waals surface area contributed by atoms with Gasteiger partial charge in [0.15, 0.2) is 0 Å². The van der Waals surface area contributed by atoms with Crippen LogP contribution in [0.5, 0.6) is 5.75 Å². The van der Waals surface area contributed by atoms with Crippen molar-refractivity contribution >= 4 is 11.8 Å². The highest BCUT2D eigenvalue weighted by atomic mass is 16.5. The Balaban J connectivity index is 1.71. The second-order valence-corrected chi connectivity index (χ2v) is 9.46. The van der Waals surface area contributed by atoms with Gasteiger partial charge in [-0.3, -0.25) is 9.59 Å². The van der Waals surface area contributed by atoms with Crippen molar-refractivity contribution in [2.45, 2.75) is 63.4 Å². The minimum Gasteiger partial charge on any atom is -0.486 e. The number of hydrogen-bond donors (Lipinski definition) is 3. The van der Waals surface area contributed by atoms with Crippen LogP contribution in [0, 0.1) is 5.92 Å². The molecule has 1 aromatic carbocycles. The van der Waals surface area contributed by atoms with Crippen LogP contribution in [0.1, 0.15) is 44.6 Å². The summed E-state index contributed by atoms with van der Waals surface area (Å²) in [5, 5.41) is 23.4. The van der Waals surface area contributed by atoms with Crippen molar-refractivity contribution in [3.8, 4) is 5.75 Å². The fourth-order valence-electron chi connectivity index (χ4n) is 5.06. The van der Waals surface area contributed by atoms with Crippen molar-refractivity contribution in [1.29, 1.82) is 0 Å². The van der Waals surface area contributed by atoms with E-state index in [1.807, 2.05) is 38.1 Å². The number of nitrogens with zero attached hydrogens (tertiary/aromatic N) is 1. The number of para-hydroxylation sites is 1. The van der Waals surface area contributed by atoms with Gasteiger partial charge in [0.1, 0.15) is 18.0 Å². The number of rotatable bonds is 8. The molecule has 0 aromatic heterocycles. The Bertz CT molecular complexity index is 895. The van der Waals surface area contributed by atoms with Crippen molar-refractivity contribution in [3.63, 3.8) is 0 Å². The van der Waals surface area contributed by atoms with Crippen molar-refractivity contribution < 1.29 is 29.3 Å². The summed E-state index contributed by atoms with van der Waals surface area (Å²) in [6.45, 7) is 4.93. The third-order valence-electron chi connectivity index (χ3n) is 6.56. The van der Waals surface area contributed by atoms with Crippen LogP contribution in [0.2, 0.25) is 0 Å². The lowest BCUT2D eigenvalue weighted by molar-refractivity contribution is -0.140. The quantitative estimate of drug-likeness (QED) is 0.543. The minimum absolute atomic E-state index is 0.0788. The zero-order valence-corrected chi connectivity index (χ0v) is 19.3. The van der Waals surface area contributed by atoms with Gasteiger partial charge in [0.05, 0.1) is 24.7 Å². The van der Waals surface area contributed by atoms with Crippen LogP contribution in [-0.4, -0.2) is 77.6 Å². The van der Waals surface area contributed by atoms with E-state index in [0.717, 1.165) is 18.4 Å². The molecule has 0 unspecified atom stereocenters. The molecule has 0 bridgehead atoms. The second-order valence-electron chi connectivity index (χ2n) is 9.46. The highest BCUT2D eigenvalue weighted by molar-refractivity contribution is 5.96. The summed E-state index contributed by atoms with van der Waals surface area (Å²) in [7, 11) is 0. The van der Waals surface area contributed by atoms with E-state index in [0.29, 0.717) is 30.9 Å². The fourth-order valence-corrected chi connectivity index (χ4v) is 5.06. The zero-order valence-electron chi connectivity index (χ0n) is 19.3. The maximum Gasteiger partial charge on any atom is 0.247 e. The molecule has 3 N–H and O–H groups in total. The van der Waals surface area contributed by atoms with Crippen molar-refractivity contribution in [2.24, 2.45) is 5.92 Å². The summed E-state index contributed by atoms with van der Waals surface area (Å²) in [6, 6.07) is 6.74. The summed E-state index contributed by atoms with van der Waals surface area (Å²) in [6.07, 6.45) is 2.07. The van der Waals surface area contributed by atoms with Gasteiger partial charge < -0.3 is 29.9 Å². The van der Waals surface area contributed by atoms with Crippen LogP contribution in [0.15, 0.2) is 35.9 Å². The minimum atomic E-state index is -1.01. The van der Waals surface area contributed by atoms with Gasteiger partial charge in [-0.2, -0.15) is 0 Å². The van der Waals surface area contributed by atoms with Crippen molar-refractivity contribution in [2.75, 3.05) is 26.3 Å². The largest absolute Gasteiger partial charge is 0.486 e. The number of fused-ring (bicyclic) bond motifs is 3. The molecule has 5 atom stereocenters. The maximum absolute atomic E-state index is 13.3. The molecule has 1 aliphatic carbocycles. The lowest BCUT2D eigenvalue weighted by atomic mass is 9.77. The van der Waals surface area contributed by atoms with Crippen LogP contribution in [0.4, 0.5) is 0 Å². The monoisotopic (exact) mass is 458 g/mol. The number of carbonyl (C=O) groups excluding carboxylic acids is 2. The molecule has 0 radical (unpaired) electrons. The molecule has 2 aliphatic heterocycles. The molecule has 3 aliphatic rings. The molecule has 4 rings (SSSR count). The molecular weight excluding hydrogens is 424 g/mol. The molecule has 1 fully saturated rings. The molecular formula is C25H34N2O6. The van der Waals surface area contributed by atoms with E-state index < -0.39 is 24.2 Å². The highest BCUT2D eigenvalue weighted by Crippen LogP contribution is 2.47. The van der Waals surface area contributed by atoms with Gasteiger partial charge in [-0.15, -0.1) is 0 Å². The highest BCUT2D eigenvalue weighted by Gasteiger charge is 2.50. The summed E-state index contributed by atoms with van der Waals surface area (Å²) < 4.78 is 11.9. The molecule has 0 saturated carbocycles. The number of aliphatic hydroxyl groups is 2. The average molecular weight is 459 g/mol. The molecule has 2 amide bonds. The predicted octanol–water partition coefficient (Wildman–Crippen LogP) is 1.36. The Morgan fingerprint density at radius 2 is 2.06 bits per heavy atom. The van der Waals surface area contributed by atoms with Gasteiger partial charge in [-0.1, -0.05) is 32.0 Å². The first kappa shape index (κ1) is 23.7. The molecule has 180 valence electrons. The predicted molar refractivity (Wildman–Crippen MR) is 122 cm³/mol. The second kappa shape index (κ2) is 10.2. The molecule has 1 aromatic rings.